The summed E-state index contributed by atoms with van der Waals surface area (Å²) in [5, 5.41) is 0. The molecule has 1 heterocycles. The Hall–Kier alpha value is -0.950. The van der Waals surface area contributed by atoms with Gasteiger partial charge in [0.1, 0.15) is 0 Å². The zero-order valence-corrected chi connectivity index (χ0v) is 7.60. The quantitative estimate of drug-likeness (QED) is 0.629. The minimum Gasteiger partial charge on any atom is -0.121 e. The SMILES string of the molecule is C=CC1=CCSc2ccccc21. The van der Waals surface area contributed by atoms with Crippen LogP contribution in [0.15, 0.2) is 47.9 Å². The van der Waals surface area contributed by atoms with Gasteiger partial charge in [0.2, 0.25) is 0 Å². The number of thioether (sulfide) groups is 1. The van der Waals surface area contributed by atoms with E-state index in [1.807, 2.05) is 17.8 Å². The van der Waals surface area contributed by atoms with Crippen LogP contribution in [-0.4, -0.2) is 5.75 Å². The number of rotatable bonds is 1. The van der Waals surface area contributed by atoms with Crippen LogP contribution in [0.2, 0.25) is 0 Å². The van der Waals surface area contributed by atoms with Crippen LogP contribution >= 0.6 is 11.8 Å². The summed E-state index contributed by atoms with van der Waals surface area (Å²) in [4.78, 5) is 1.37. The molecular weight excluding hydrogens is 164 g/mol. The molecule has 0 unspecified atom stereocenters. The summed E-state index contributed by atoms with van der Waals surface area (Å²) in [6, 6.07) is 8.46. The highest BCUT2D eigenvalue weighted by Crippen LogP contribution is 2.33. The van der Waals surface area contributed by atoms with E-state index in [0.29, 0.717) is 0 Å². The van der Waals surface area contributed by atoms with Gasteiger partial charge in [0.05, 0.1) is 0 Å². The second-order valence-corrected chi connectivity index (χ2v) is 3.73. The van der Waals surface area contributed by atoms with Crippen LogP contribution < -0.4 is 0 Å². The molecule has 1 aromatic carbocycles. The summed E-state index contributed by atoms with van der Waals surface area (Å²) in [6.07, 6.45) is 4.15. The lowest BCUT2D eigenvalue weighted by molar-refractivity contribution is 1.38. The lowest BCUT2D eigenvalue weighted by Crippen LogP contribution is -1.91. The Morgan fingerprint density at radius 2 is 2.17 bits per heavy atom. The van der Waals surface area contributed by atoms with E-state index in [2.05, 4.69) is 36.9 Å². The van der Waals surface area contributed by atoms with Crippen LogP contribution in [0.1, 0.15) is 5.56 Å². The molecule has 1 heteroatoms. The fourth-order valence-corrected chi connectivity index (χ4v) is 2.31. The van der Waals surface area contributed by atoms with Gasteiger partial charge in [0.25, 0.3) is 0 Å². The first kappa shape index (κ1) is 7.69. The maximum atomic E-state index is 3.81. The molecule has 0 atom stereocenters. The van der Waals surface area contributed by atoms with Gasteiger partial charge in [0, 0.05) is 10.6 Å². The first-order valence-electron chi connectivity index (χ1n) is 3.96. The number of fused-ring (bicyclic) bond motifs is 1. The molecule has 60 valence electrons. The summed E-state index contributed by atoms with van der Waals surface area (Å²) < 4.78 is 0. The molecule has 0 nitrogen and oxygen atoms in total. The van der Waals surface area contributed by atoms with Gasteiger partial charge in [-0.25, -0.2) is 0 Å². The van der Waals surface area contributed by atoms with E-state index < -0.39 is 0 Å². The highest BCUT2D eigenvalue weighted by molar-refractivity contribution is 7.99. The highest BCUT2D eigenvalue weighted by Gasteiger charge is 2.08. The predicted molar refractivity (Wildman–Crippen MR) is 55.3 cm³/mol. The second-order valence-electron chi connectivity index (χ2n) is 2.67. The summed E-state index contributed by atoms with van der Waals surface area (Å²) in [6.45, 7) is 3.81. The standard InChI is InChI=1S/C11H10S/c1-2-9-7-8-12-11-6-4-3-5-10(9)11/h2-7H,1,8H2. The molecule has 0 fully saturated rings. The van der Waals surface area contributed by atoms with Gasteiger partial charge in [0.15, 0.2) is 0 Å². The topological polar surface area (TPSA) is 0 Å². The fourth-order valence-electron chi connectivity index (χ4n) is 1.36. The normalized spacial score (nSPS) is 14.8. The molecular formula is C11H10S. The molecule has 0 aliphatic carbocycles. The Labute approximate surface area is 77.0 Å². The Kier molecular flexibility index (Phi) is 2.05. The third-order valence-corrected chi connectivity index (χ3v) is 2.96. The molecule has 0 radical (unpaired) electrons. The van der Waals surface area contributed by atoms with Gasteiger partial charge >= 0.3 is 0 Å². The van der Waals surface area contributed by atoms with Gasteiger partial charge < -0.3 is 0 Å². The number of allylic oxidation sites excluding steroid dienone is 2. The minimum atomic E-state index is 1.07. The van der Waals surface area contributed by atoms with Crippen molar-refractivity contribution in [3.63, 3.8) is 0 Å². The van der Waals surface area contributed by atoms with Gasteiger partial charge in [-0.1, -0.05) is 36.9 Å². The van der Waals surface area contributed by atoms with Gasteiger partial charge in [-0.15, -0.1) is 11.8 Å². The van der Waals surface area contributed by atoms with Crippen LogP contribution in [0.25, 0.3) is 5.57 Å². The van der Waals surface area contributed by atoms with Crippen LogP contribution in [0.5, 0.6) is 0 Å². The number of hydrogen-bond acceptors (Lipinski definition) is 1. The molecule has 0 spiro atoms. The molecule has 0 bridgehead atoms. The van der Waals surface area contributed by atoms with Crippen molar-refractivity contribution in [3.8, 4) is 0 Å². The van der Waals surface area contributed by atoms with Crippen molar-refractivity contribution >= 4 is 17.3 Å². The second kappa shape index (κ2) is 3.20. The van der Waals surface area contributed by atoms with Crippen LogP contribution in [0, 0.1) is 0 Å². The predicted octanol–water partition coefficient (Wildman–Crippen LogP) is 3.36. The smallest absolute Gasteiger partial charge is 0.0170 e. The zero-order valence-electron chi connectivity index (χ0n) is 6.79. The average Bonchev–Trinajstić information content (AvgIpc) is 2.17. The number of benzene rings is 1. The third-order valence-electron chi connectivity index (χ3n) is 1.96. The molecule has 1 aliphatic heterocycles. The van der Waals surface area contributed by atoms with Gasteiger partial charge in [-0.05, 0) is 17.2 Å². The maximum Gasteiger partial charge on any atom is 0.0170 e. The molecule has 0 saturated heterocycles. The molecule has 0 saturated carbocycles. The largest absolute Gasteiger partial charge is 0.121 e. The molecule has 0 aromatic heterocycles. The highest BCUT2D eigenvalue weighted by atomic mass is 32.2. The van der Waals surface area contributed by atoms with Crippen molar-refractivity contribution in [2.75, 3.05) is 5.75 Å². The average molecular weight is 174 g/mol. The monoisotopic (exact) mass is 174 g/mol. The summed E-state index contributed by atoms with van der Waals surface area (Å²) >= 11 is 1.88. The van der Waals surface area contributed by atoms with E-state index in [4.69, 9.17) is 0 Å². The van der Waals surface area contributed by atoms with Crippen molar-refractivity contribution < 1.29 is 0 Å². The molecule has 1 aliphatic rings. The third kappa shape index (κ3) is 1.21. The summed E-state index contributed by atoms with van der Waals surface area (Å²) in [5.74, 6) is 1.07. The van der Waals surface area contributed by atoms with E-state index in [1.54, 1.807) is 0 Å². The molecule has 2 rings (SSSR count). The van der Waals surface area contributed by atoms with Crippen LogP contribution in [-0.2, 0) is 0 Å². The van der Waals surface area contributed by atoms with Crippen LogP contribution in [0.4, 0.5) is 0 Å². The van der Waals surface area contributed by atoms with Crippen molar-refractivity contribution in [3.05, 3.63) is 48.6 Å². The Morgan fingerprint density at radius 1 is 1.33 bits per heavy atom. The summed E-state index contributed by atoms with van der Waals surface area (Å²) in [7, 11) is 0. The maximum absolute atomic E-state index is 3.81. The minimum absolute atomic E-state index is 1.07. The fraction of sp³-hybridized carbons (Fsp3) is 0.0909. The van der Waals surface area contributed by atoms with E-state index in [9.17, 15) is 0 Å². The molecule has 12 heavy (non-hydrogen) atoms. The first-order valence-corrected chi connectivity index (χ1v) is 4.95. The van der Waals surface area contributed by atoms with Crippen LogP contribution in [0.3, 0.4) is 0 Å². The van der Waals surface area contributed by atoms with E-state index in [-0.39, 0.29) is 0 Å². The van der Waals surface area contributed by atoms with Gasteiger partial charge in [-0.3, -0.25) is 0 Å². The zero-order chi connectivity index (χ0) is 8.39. The lowest BCUT2D eigenvalue weighted by atomic mass is 10.1. The Bertz CT molecular complexity index is 337. The number of hydrogen-bond donors (Lipinski definition) is 0. The molecule has 0 amide bonds. The van der Waals surface area contributed by atoms with Crippen molar-refractivity contribution in [2.24, 2.45) is 0 Å². The van der Waals surface area contributed by atoms with Crippen molar-refractivity contribution in [1.82, 2.24) is 0 Å². The van der Waals surface area contributed by atoms with E-state index in [0.717, 1.165) is 5.75 Å². The first-order chi connectivity index (χ1) is 5.92. The van der Waals surface area contributed by atoms with Crippen molar-refractivity contribution in [2.45, 2.75) is 4.90 Å². The van der Waals surface area contributed by atoms with E-state index in [1.165, 1.54) is 16.0 Å². The lowest BCUT2D eigenvalue weighted by Gasteiger charge is -2.13. The van der Waals surface area contributed by atoms with E-state index >= 15 is 0 Å². The van der Waals surface area contributed by atoms with Gasteiger partial charge in [-0.2, -0.15) is 0 Å². The summed E-state index contributed by atoms with van der Waals surface area (Å²) in [5.41, 5.74) is 2.59. The Morgan fingerprint density at radius 3 is 3.00 bits per heavy atom. The molecule has 0 N–H and O–H groups in total. The van der Waals surface area contributed by atoms with Crippen molar-refractivity contribution in [1.29, 1.82) is 0 Å². The Balaban J connectivity index is 2.55. The molecule has 1 aromatic rings.